The van der Waals surface area contributed by atoms with Gasteiger partial charge in [0.2, 0.25) is 0 Å². The molecule has 0 aromatic heterocycles. The minimum Gasteiger partial charge on any atom is -0.0985 e. The predicted molar refractivity (Wildman–Crippen MR) is 63.5 cm³/mol. The third kappa shape index (κ3) is 1.33. The molecule has 0 aliphatic carbocycles. The Hall–Kier alpha value is -1.56. The summed E-state index contributed by atoms with van der Waals surface area (Å²) in [4.78, 5) is 0. The molecule has 70 valence electrons. The number of benzene rings is 2. The molecule has 0 unspecified atom stereocenters. The van der Waals surface area contributed by atoms with Gasteiger partial charge in [-0.2, -0.15) is 0 Å². The van der Waals surface area contributed by atoms with E-state index in [4.69, 9.17) is 0 Å². The van der Waals surface area contributed by atoms with E-state index in [2.05, 4.69) is 50.8 Å². The highest BCUT2D eigenvalue weighted by atomic mass is 14.1. The molecule has 0 nitrogen and oxygen atoms in total. The largest absolute Gasteiger partial charge is 0.0985 e. The minimum atomic E-state index is 1.20. The van der Waals surface area contributed by atoms with Crippen LogP contribution in [0.25, 0.3) is 16.8 Å². The van der Waals surface area contributed by atoms with Crippen LogP contribution in [0.5, 0.6) is 0 Å². The molecule has 0 spiro atoms. The number of hydrogen-bond donors (Lipinski definition) is 0. The monoisotopic (exact) mass is 182 g/mol. The normalized spacial score (nSPS) is 10.4. The molecule has 0 saturated carbocycles. The van der Waals surface area contributed by atoms with E-state index in [0.29, 0.717) is 0 Å². The summed E-state index contributed by atoms with van der Waals surface area (Å²) in [7, 11) is 0. The minimum absolute atomic E-state index is 1.20. The van der Waals surface area contributed by atoms with Crippen molar-refractivity contribution in [1.82, 2.24) is 0 Å². The highest BCUT2D eigenvalue weighted by molar-refractivity contribution is 5.90. The average Bonchev–Trinajstić information content (AvgIpc) is 2.17. The van der Waals surface area contributed by atoms with Crippen molar-refractivity contribution in [2.75, 3.05) is 0 Å². The van der Waals surface area contributed by atoms with Gasteiger partial charge in [-0.05, 0) is 47.4 Å². The molecule has 0 heteroatoms. The van der Waals surface area contributed by atoms with Crippen LogP contribution in [0, 0.1) is 13.8 Å². The topological polar surface area (TPSA) is 0 Å². The lowest BCUT2D eigenvalue weighted by molar-refractivity contribution is 1.45. The second-order valence-corrected chi connectivity index (χ2v) is 3.71. The van der Waals surface area contributed by atoms with Gasteiger partial charge < -0.3 is 0 Å². The van der Waals surface area contributed by atoms with Gasteiger partial charge in [-0.1, -0.05) is 36.9 Å². The Bertz CT molecular complexity index is 493. The molecular formula is C14H14. The van der Waals surface area contributed by atoms with Crippen LogP contribution < -0.4 is 0 Å². The molecule has 0 atom stereocenters. The van der Waals surface area contributed by atoms with Gasteiger partial charge in [-0.25, -0.2) is 0 Å². The van der Waals surface area contributed by atoms with Crippen molar-refractivity contribution >= 4 is 16.8 Å². The Balaban J connectivity index is 2.89. The second kappa shape index (κ2) is 3.30. The first-order chi connectivity index (χ1) is 6.72. The smallest absolute Gasteiger partial charge is 0.0125 e. The van der Waals surface area contributed by atoms with Crippen LogP contribution in [0.15, 0.2) is 36.9 Å². The maximum atomic E-state index is 3.80. The molecule has 0 aliphatic rings. The molecule has 14 heavy (non-hydrogen) atoms. The zero-order chi connectivity index (χ0) is 10.1. The van der Waals surface area contributed by atoms with E-state index in [1.807, 2.05) is 6.08 Å². The molecular weight excluding hydrogens is 168 g/mol. The molecule has 0 radical (unpaired) electrons. The molecule has 0 fully saturated rings. The Morgan fingerprint density at radius 1 is 1.07 bits per heavy atom. The standard InChI is InChI=1S/C14H14/c1-4-12-8-11(3)14-10(2)6-5-7-13(14)9-12/h4-9H,1H2,2-3H3. The van der Waals surface area contributed by atoms with E-state index >= 15 is 0 Å². The maximum absolute atomic E-state index is 3.80. The van der Waals surface area contributed by atoms with Gasteiger partial charge in [0.15, 0.2) is 0 Å². The SMILES string of the molecule is C=Cc1cc(C)c2c(C)cccc2c1. The van der Waals surface area contributed by atoms with Crippen molar-refractivity contribution in [2.24, 2.45) is 0 Å². The van der Waals surface area contributed by atoms with Crippen molar-refractivity contribution < 1.29 is 0 Å². The quantitative estimate of drug-likeness (QED) is 0.623. The fourth-order valence-electron chi connectivity index (χ4n) is 2.01. The zero-order valence-electron chi connectivity index (χ0n) is 8.67. The summed E-state index contributed by atoms with van der Waals surface area (Å²) in [5.41, 5.74) is 3.87. The van der Waals surface area contributed by atoms with E-state index in [0.717, 1.165) is 0 Å². The number of aryl methyl sites for hydroxylation is 2. The number of hydrogen-bond acceptors (Lipinski definition) is 0. The van der Waals surface area contributed by atoms with Gasteiger partial charge >= 0.3 is 0 Å². The van der Waals surface area contributed by atoms with Crippen LogP contribution in [0.1, 0.15) is 16.7 Å². The van der Waals surface area contributed by atoms with Crippen LogP contribution in [0.4, 0.5) is 0 Å². The number of fused-ring (bicyclic) bond motifs is 1. The van der Waals surface area contributed by atoms with Crippen LogP contribution in [0.3, 0.4) is 0 Å². The molecule has 0 N–H and O–H groups in total. The van der Waals surface area contributed by atoms with Gasteiger partial charge in [0.05, 0.1) is 0 Å². The third-order valence-corrected chi connectivity index (χ3v) is 2.64. The summed E-state index contributed by atoms with van der Waals surface area (Å²) in [6, 6.07) is 10.8. The van der Waals surface area contributed by atoms with E-state index in [1.165, 1.54) is 27.5 Å². The van der Waals surface area contributed by atoms with Gasteiger partial charge in [0.25, 0.3) is 0 Å². The van der Waals surface area contributed by atoms with Crippen molar-refractivity contribution in [3.05, 3.63) is 53.6 Å². The average molecular weight is 182 g/mol. The van der Waals surface area contributed by atoms with Gasteiger partial charge in [-0.3, -0.25) is 0 Å². The fraction of sp³-hybridized carbons (Fsp3) is 0.143. The molecule has 2 aromatic carbocycles. The van der Waals surface area contributed by atoms with Crippen LogP contribution >= 0.6 is 0 Å². The Morgan fingerprint density at radius 3 is 2.57 bits per heavy atom. The van der Waals surface area contributed by atoms with Gasteiger partial charge in [-0.15, -0.1) is 0 Å². The third-order valence-electron chi connectivity index (χ3n) is 2.64. The summed E-state index contributed by atoms with van der Waals surface area (Å²) < 4.78 is 0. The van der Waals surface area contributed by atoms with E-state index in [9.17, 15) is 0 Å². The van der Waals surface area contributed by atoms with Crippen molar-refractivity contribution in [1.29, 1.82) is 0 Å². The Morgan fingerprint density at radius 2 is 1.86 bits per heavy atom. The van der Waals surface area contributed by atoms with Crippen molar-refractivity contribution in [3.63, 3.8) is 0 Å². The van der Waals surface area contributed by atoms with Crippen LogP contribution in [-0.4, -0.2) is 0 Å². The lowest BCUT2D eigenvalue weighted by atomic mass is 9.98. The summed E-state index contributed by atoms with van der Waals surface area (Å²) in [5.74, 6) is 0. The summed E-state index contributed by atoms with van der Waals surface area (Å²) >= 11 is 0. The van der Waals surface area contributed by atoms with Gasteiger partial charge in [0.1, 0.15) is 0 Å². The second-order valence-electron chi connectivity index (χ2n) is 3.71. The zero-order valence-corrected chi connectivity index (χ0v) is 8.67. The molecule has 2 aromatic rings. The first-order valence-corrected chi connectivity index (χ1v) is 4.85. The Kier molecular flexibility index (Phi) is 2.12. The van der Waals surface area contributed by atoms with Gasteiger partial charge in [0, 0.05) is 0 Å². The van der Waals surface area contributed by atoms with E-state index in [1.54, 1.807) is 0 Å². The summed E-state index contributed by atoms with van der Waals surface area (Å²) in [6.45, 7) is 8.11. The molecule has 0 amide bonds. The molecule has 0 heterocycles. The van der Waals surface area contributed by atoms with E-state index in [-0.39, 0.29) is 0 Å². The predicted octanol–water partition coefficient (Wildman–Crippen LogP) is 4.10. The van der Waals surface area contributed by atoms with E-state index < -0.39 is 0 Å². The first kappa shape index (κ1) is 9.01. The first-order valence-electron chi connectivity index (χ1n) is 4.85. The van der Waals surface area contributed by atoms with Crippen molar-refractivity contribution in [2.45, 2.75) is 13.8 Å². The lowest BCUT2D eigenvalue weighted by Gasteiger charge is -2.07. The summed E-state index contributed by atoms with van der Waals surface area (Å²) in [5, 5.41) is 2.68. The molecule has 0 saturated heterocycles. The summed E-state index contributed by atoms with van der Waals surface area (Å²) in [6.07, 6.45) is 1.90. The highest BCUT2D eigenvalue weighted by Gasteiger charge is 2.01. The lowest BCUT2D eigenvalue weighted by Crippen LogP contribution is -1.84. The highest BCUT2D eigenvalue weighted by Crippen LogP contribution is 2.24. The fourth-order valence-corrected chi connectivity index (χ4v) is 2.01. The van der Waals surface area contributed by atoms with Crippen molar-refractivity contribution in [3.8, 4) is 0 Å². The molecule has 0 bridgehead atoms. The van der Waals surface area contributed by atoms with Crippen LogP contribution in [-0.2, 0) is 0 Å². The van der Waals surface area contributed by atoms with Crippen LogP contribution in [0.2, 0.25) is 0 Å². The Labute approximate surface area is 84.9 Å². The number of rotatable bonds is 1. The molecule has 2 rings (SSSR count). The molecule has 0 aliphatic heterocycles. The maximum Gasteiger partial charge on any atom is -0.0125 e.